The first-order chi connectivity index (χ1) is 31.3. The molecule has 0 fully saturated rings. The lowest BCUT2D eigenvalue weighted by Gasteiger charge is -2.23. The lowest BCUT2D eigenvalue weighted by Crippen LogP contribution is -2.13. The van der Waals surface area contributed by atoms with Crippen molar-refractivity contribution >= 4 is 65.4 Å². The van der Waals surface area contributed by atoms with Gasteiger partial charge in [0.1, 0.15) is 5.69 Å². The van der Waals surface area contributed by atoms with Gasteiger partial charge in [-0.3, -0.25) is 4.57 Å². The first kappa shape index (κ1) is 34.1. The van der Waals surface area contributed by atoms with Gasteiger partial charge in [-0.25, -0.2) is 19.9 Å². The Morgan fingerprint density at radius 1 is 0.286 bits per heavy atom. The molecule has 0 aliphatic heterocycles. The monoisotopic (exact) mass is 803 g/mol. The first-order valence-corrected chi connectivity index (χ1v) is 21.2. The molecule has 0 unspecified atom stereocenters. The van der Waals surface area contributed by atoms with E-state index in [1.54, 1.807) is 0 Å². The molecule has 0 radical (unpaired) electrons. The molecule has 2 aliphatic rings. The highest BCUT2D eigenvalue weighted by molar-refractivity contribution is 6.14. The summed E-state index contributed by atoms with van der Waals surface area (Å²) in [6, 6.07) is 68.7. The zero-order valence-electron chi connectivity index (χ0n) is 33.7. The summed E-state index contributed by atoms with van der Waals surface area (Å²) in [4.78, 5) is 21.6. The van der Waals surface area contributed by atoms with E-state index in [2.05, 4.69) is 190 Å². The van der Waals surface area contributed by atoms with Crippen LogP contribution < -0.4 is 0 Å². The van der Waals surface area contributed by atoms with Gasteiger partial charge >= 0.3 is 0 Å². The van der Waals surface area contributed by atoms with Crippen molar-refractivity contribution in [3.8, 4) is 62.5 Å². The minimum absolute atomic E-state index is 0.543. The van der Waals surface area contributed by atoms with Gasteiger partial charge in [-0.15, -0.1) is 0 Å². The number of para-hydroxylation sites is 6. The Morgan fingerprint density at radius 2 is 0.667 bits per heavy atom. The van der Waals surface area contributed by atoms with Crippen molar-refractivity contribution < 1.29 is 0 Å². The van der Waals surface area contributed by atoms with Crippen molar-refractivity contribution in [3.63, 3.8) is 0 Å². The first-order valence-electron chi connectivity index (χ1n) is 21.2. The molecule has 7 heteroatoms. The van der Waals surface area contributed by atoms with Gasteiger partial charge in [0.2, 0.25) is 0 Å². The van der Waals surface area contributed by atoms with E-state index in [1.165, 1.54) is 11.1 Å². The van der Waals surface area contributed by atoms with E-state index < -0.39 is 0 Å². The molecule has 5 heterocycles. The summed E-state index contributed by atoms with van der Waals surface area (Å²) in [5, 5.41) is 6.94. The number of nitrogens with zero attached hydrogens (tertiary/aromatic N) is 7. The van der Waals surface area contributed by atoms with Gasteiger partial charge < -0.3 is 9.13 Å². The molecule has 0 saturated carbocycles. The second kappa shape index (κ2) is 12.9. The smallest absolute Gasteiger partial charge is 0.167 e. The Kier molecular flexibility index (Phi) is 6.98. The molecule has 5 aromatic heterocycles. The zero-order chi connectivity index (χ0) is 41.2. The molecule has 0 atom stereocenters. The summed E-state index contributed by atoms with van der Waals surface area (Å²) in [7, 11) is 0. The number of rotatable bonds is 6. The lowest BCUT2D eigenvalue weighted by molar-refractivity contribution is 0.990. The van der Waals surface area contributed by atoms with Gasteiger partial charge in [0, 0.05) is 49.6 Å². The highest BCUT2D eigenvalue weighted by atomic mass is 15.2. The molecule has 0 amide bonds. The summed E-state index contributed by atoms with van der Waals surface area (Å²) in [6.07, 6.45) is 1.99. The fourth-order valence-electron chi connectivity index (χ4n) is 10.1. The van der Waals surface area contributed by atoms with Crippen molar-refractivity contribution in [1.82, 2.24) is 33.6 Å². The Morgan fingerprint density at radius 3 is 1.14 bits per heavy atom. The maximum atomic E-state index is 5.64. The second-order valence-corrected chi connectivity index (χ2v) is 16.2. The van der Waals surface area contributed by atoms with Crippen LogP contribution >= 0.6 is 0 Å². The van der Waals surface area contributed by atoms with Crippen LogP contribution in [0.5, 0.6) is 0 Å². The average molecular weight is 804 g/mol. The molecular weight excluding hydrogens is 771 g/mol. The summed E-state index contributed by atoms with van der Waals surface area (Å²) in [5.41, 5.74) is 13.3. The molecule has 7 aromatic carbocycles. The van der Waals surface area contributed by atoms with Crippen molar-refractivity contribution in [1.29, 1.82) is 0 Å². The number of hydrogen-bond donors (Lipinski definition) is 0. The lowest BCUT2D eigenvalue weighted by atomic mass is 10.1. The molecule has 2 aliphatic carbocycles. The molecule has 0 bridgehead atoms. The van der Waals surface area contributed by atoms with Crippen LogP contribution in [-0.4, -0.2) is 33.6 Å². The highest BCUT2D eigenvalue weighted by Gasteiger charge is 2.32. The normalized spacial score (nSPS) is 12.1. The molecule has 14 rings (SSSR count). The molecular formula is C56H33N7. The highest BCUT2D eigenvalue weighted by Crippen LogP contribution is 2.51. The Labute approximate surface area is 360 Å². The van der Waals surface area contributed by atoms with Crippen LogP contribution in [0.1, 0.15) is 0 Å². The third kappa shape index (κ3) is 4.84. The fraction of sp³-hybridized carbons (Fsp3) is 0. The Hall–Kier alpha value is -8.68. The largest absolute Gasteiger partial charge is 0.306 e. The van der Waals surface area contributed by atoms with E-state index in [0.29, 0.717) is 17.5 Å². The number of hydrogen-bond acceptors (Lipinski definition) is 4. The molecule has 0 saturated heterocycles. The Balaban J connectivity index is 1.23. The van der Waals surface area contributed by atoms with E-state index in [-0.39, 0.29) is 0 Å². The summed E-state index contributed by atoms with van der Waals surface area (Å²) >= 11 is 0. The number of fused-ring (bicyclic) bond motifs is 10. The van der Waals surface area contributed by atoms with Crippen LogP contribution in [0.15, 0.2) is 200 Å². The van der Waals surface area contributed by atoms with Crippen LogP contribution in [0.3, 0.4) is 0 Å². The standard InChI is InChI=1S/C56H33N7/c1-2-17-34(18-3-1)53-58-54(60-55(59-53)50-41-25-16-26-42(41)50)43-33-57-56(63-48-31-14-8-23-39(48)40-24-9-15-32-49(40)63)52(62-46-29-12-6-21-37(46)38-22-7-13-30-47(38)62)51(43)61-44-27-10-4-19-35(44)36-20-5-11-28-45(36)61/h1-33H. The predicted molar refractivity (Wildman–Crippen MR) is 256 cm³/mol. The van der Waals surface area contributed by atoms with Gasteiger partial charge in [-0.05, 0) is 47.5 Å². The minimum Gasteiger partial charge on any atom is -0.306 e. The average Bonchev–Trinajstić information content (AvgIpc) is 3.73. The maximum Gasteiger partial charge on any atom is 0.167 e. The maximum absolute atomic E-state index is 5.64. The van der Waals surface area contributed by atoms with Crippen LogP contribution in [0.2, 0.25) is 0 Å². The van der Waals surface area contributed by atoms with Crippen molar-refractivity contribution in [3.05, 3.63) is 200 Å². The summed E-state index contributed by atoms with van der Waals surface area (Å²) in [6.45, 7) is 0. The number of pyridine rings is 1. The van der Waals surface area contributed by atoms with Crippen LogP contribution in [0.25, 0.3) is 128 Å². The van der Waals surface area contributed by atoms with E-state index in [1.807, 2.05) is 24.4 Å². The van der Waals surface area contributed by atoms with E-state index in [9.17, 15) is 0 Å². The summed E-state index contributed by atoms with van der Waals surface area (Å²) in [5.74, 6) is 2.59. The van der Waals surface area contributed by atoms with Crippen LogP contribution in [0.4, 0.5) is 0 Å². The van der Waals surface area contributed by atoms with Crippen LogP contribution in [-0.2, 0) is 0 Å². The third-order valence-electron chi connectivity index (χ3n) is 12.8. The van der Waals surface area contributed by atoms with E-state index in [0.717, 1.165) is 99.3 Å². The third-order valence-corrected chi connectivity index (χ3v) is 12.8. The van der Waals surface area contributed by atoms with Crippen LogP contribution in [0, 0.1) is 0 Å². The van der Waals surface area contributed by atoms with Gasteiger partial charge in [0.05, 0.1) is 44.4 Å². The van der Waals surface area contributed by atoms with E-state index >= 15 is 0 Å². The Bertz CT molecular complexity index is 3840. The molecule has 0 N–H and O–H groups in total. The molecule has 7 nitrogen and oxygen atoms in total. The SMILES string of the molecule is c1ccc(-c2nc(-c3cnc(-n4c5ccccc5c5ccccc54)c(-n4c5ccccc5c5ccccc54)c3-n3c4ccccc4c4ccccc43)nc(-c3c4cccc3-4)n2)cc1. The predicted octanol–water partition coefficient (Wildman–Crippen LogP) is 13.5. The van der Waals surface area contributed by atoms with Gasteiger partial charge in [-0.1, -0.05) is 158 Å². The van der Waals surface area contributed by atoms with Gasteiger partial charge in [-0.2, -0.15) is 0 Å². The minimum atomic E-state index is 0.543. The van der Waals surface area contributed by atoms with Gasteiger partial charge in [0.25, 0.3) is 0 Å². The summed E-state index contributed by atoms with van der Waals surface area (Å²) < 4.78 is 7.18. The molecule has 0 spiro atoms. The second-order valence-electron chi connectivity index (χ2n) is 16.2. The molecule has 12 aromatic rings. The van der Waals surface area contributed by atoms with Gasteiger partial charge in [0.15, 0.2) is 23.3 Å². The quantitative estimate of drug-likeness (QED) is 0.168. The van der Waals surface area contributed by atoms with Crippen molar-refractivity contribution in [2.75, 3.05) is 0 Å². The fourth-order valence-corrected chi connectivity index (χ4v) is 10.1. The molecule has 63 heavy (non-hydrogen) atoms. The number of benzene rings is 8. The topological polar surface area (TPSA) is 66.3 Å². The molecule has 292 valence electrons. The van der Waals surface area contributed by atoms with E-state index in [4.69, 9.17) is 19.9 Å². The van der Waals surface area contributed by atoms with Crippen molar-refractivity contribution in [2.24, 2.45) is 0 Å². The van der Waals surface area contributed by atoms with Crippen molar-refractivity contribution in [2.45, 2.75) is 0 Å². The zero-order valence-corrected chi connectivity index (χ0v) is 33.7. The number of aromatic nitrogens is 7.